The summed E-state index contributed by atoms with van der Waals surface area (Å²) >= 11 is 6.07. The van der Waals surface area contributed by atoms with Crippen LogP contribution < -0.4 is 0 Å². The van der Waals surface area contributed by atoms with Crippen molar-refractivity contribution in [2.45, 2.75) is 13.5 Å². The molecule has 30 heavy (non-hydrogen) atoms. The van der Waals surface area contributed by atoms with Crippen molar-refractivity contribution in [3.8, 4) is 0 Å². The Morgan fingerprint density at radius 1 is 1.10 bits per heavy atom. The summed E-state index contributed by atoms with van der Waals surface area (Å²) in [5, 5.41) is 0.583. The van der Waals surface area contributed by atoms with Gasteiger partial charge in [0.25, 0.3) is 0 Å². The first-order valence-electron chi connectivity index (χ1n) is 9.43. The van der Waals surface area contributed by atoms with Gasteiger partial charge >= 0.3 is 5.97 Å². The lowest BCUT2D eigenvalue weighted by Crippen LogP contribution is -2.25. The molecular formula is C24H23ClN2O3. The number of ether oxygens (including phenoxy) is 1. The molecule has 0 bridgehead atoms. The molecule has 1 heterocycles. The van der Waals surface area contributed by atoms with Crippen LogP contribution in [0.15, 0.2) is 72.6 Å². The van der Waals surface area contributed by atoms with Crippen LogP contribution in [0.2, 0.25) is 5.02 Å². The third-order valence-corrected chi connectivity index (χ3v) is 5.22. The molecule has 5 nitrogen and oxygen atoms in total. The van der Waals surface area contributed by atoms with E-state index < -0.39 is 5.97 Å². The van der Waals surface area contributed by atoms with Crippen molar-refractivity contribution in [1.82, 2.24) is 9.47 Å². The van der Waals surface area contributed by atoms with Gasteiger partial charge in [-0.25, -0.2) is 4.79 Å². The number of esters is 1. The van der Waals surface area contributed by atoms with Crippen LogP contribution in [0.25, 0.3) is 5.57 Å². The first kappa shape index (κ1) is 21.4. The van der Waals surface area contributed by atoms with E-state index in [4.69, 9.17) is 16.3 Å². The zero-order valence-electron chi connectivity index (χ0n) is 17.1. The summed E-state index contributed by atoms with van der Waals surface area (Å²) in [5.74, 6) is -0.593. The monoisotopic (exact) mass is 422 g/mol. The number of amides is 1. The number of aromatic nitrogens is 1. The van der Waals surface area contributed by atoms with Crippen molar-refractivity contribution >= 4 is 29.6 Å². The lowest BCUT2D eigenvalue weighted by atomic mass is 9.95. The number of rotatable bonds is 7. The fourth-order valence-corrected chi connectivity index (χ4v) is 3.50. The summed E-state index contributed by atoms with van der Waals surface area (Å²) in [6.07, 6.45) is 2.57. The molecule has 0 aliphatic carbocycles. The minimum Gasteiger partial charge on any atom is -0.464 e. The molecule has 6 heteroatoms. The number of carbonyl (C=O) groups is 2. The Balaban J connectivity index is 2.20. The smallest absolute Gasteiger partial charge is 0.355 e. The predicted octanol–water partition coefficient (Wildman–Crippen LogP) is 4.52. The molecule has 0 spiro atoms. The van der Waals surface area contributed by atoms with Crippen LogP contribution in [0.4, 0.5) is 0 Å². The minimum absolute atomic E-state index is 0.162. The molecule has 0 radical (unpaired) electrons. The van der Waals surface area contributed by atoms with Crippen molar-refractivity contribution in [3.05, 3.63) is 100.0 Å². The van der Waals surface area contributed by atoms with Gasteiger partial charge in [-0.2, -0.15) is 0 Å². The molecule has 154 valence electrons. The maximum atomic E-state index is 12.7. The summed E-state index contributed by atoms with van der Waals surface area (Å²) in [6.45, 7) is 2.68. The Labute approximate surface area is 181 Å². The normalized spacial score (nSPS) is 11.6. The van der Waals surface area contributed by atoms with Crippen LogP contribution in [-0.4, -0.2) is 36.0 Å². The standard InChI is InChI=1S/C24H23ClN2O3/c1-17-21(13-14-27(17)15-18-7-5-4-6-8-18)22(19-9-11-20(25)12-10-19)23(24(29)30-3)26(2)16-28/h4-14,16H,15H2,1-3H3/b23-22-. The molecule has 0 aliphatic heterocycles. The van der Waals surface area contributed by atoms with Crippen LogP contribution in [0, 0.1) is 6.92 Å². The largest absolute Gasteiger partial charge is 0.464 e. The van der Waals surface area contributed by atoms with E-state index in [0.717, 1.165) is 22.4 Å². The fourth-order valence-electron chi connectivity index (χ4n) is 3.38. The molecular weight excluding hydrogens is 400 g/mol. The topological polar surface area (TPSA) is 51.5 Å². The first-order chi connectivity index (χ1) is 14.5. The second-order valence-corrected chi connectivity index (χ2v) is 7.30. The minimum atomic E-state index is -0.593. The molecule has 0 unspecified atom stereocenters. The molecule has 0 saturated heterocycles. The maximum Gasteiger partial charge on any atom is 0.355 e. The summed E-state index contributed by atoms with van der Waals surface area (Å²) in [7, 11) is 2.83. The SMILES string of the molecule is COC(=O)/C(=C(\c1ccc(Cl)cc1)c1ccn(Cc2ccccc2)c1C)N(C)C=O. The van der Waals surface area contributed by atoms with Gasteiger partial charge in [-0.3, -0.25) is 4.79 Å². The third-order valence-electron chi connectivity index (χ3n) is 4.97. The van der Waals surface area contributed by atoms with Crippen molar-refractivity contribution in [2.75, 3.05) is 14.2 Å². The molecule has 0 N–H and O–H groups in total. The van der Waals surface area contributed by atoms with Gasteiger partial charge in [0.2, 0.25) is 6.41 Å². The Bertz CT molecular complexity index is 1070. The third kappa shape index (κ3) is 4.47. The summed E-state index contributed by atoms with van der Waals surface area (Å²) < 4.78 is 7.10. The predicted molar refractivity (Wildman–Crippen MR) is 118 cm³/mol. The second-order valence-electron chi connectivity index (χ2n) is 6.87. The molecule has 0 aliphatic rings. The number of hydrogen-bond donors (Lipinski definition) is 0. The van der Waals surface area contributed by atoms with Crippen LogP contribution in [0.1, 0.15) is 22.4 Å². The van der Waals surface area contributed by atoms with Gasteiger partial charge < -0.3 is 14.2 Å². The Morgan fingerprint density at radius 2 is 1.77 bits per heavy atom. The number of halogens is 1. The highest BCUT2D eigenvalue weighted by atomic mass is 35.5. The maximum absolute atomic E-state index is 12.7. The molecule has 0 atom stereocenters. The number of methoxy groups -OCH3 is 1. The van der Waals surface area contributed by atoms with E-state index in [2.05, 4.69) is 16.7 Å². The molecule has 2 aromatic carbocycles. The number of carbonyl (C=O) groups excluding carboxylic acids is 2. The van der Waals surface area contributed by atoms with E-state index in [1.807, 2.05) is 49.5 Å². The number of nitrogens with zero attached hydrogens (tertiary/aromatic N) is 2. The molecule has 3 aromatic rings. The zero-order valence-corrected chi connectivity index (χ0v) is 17.9. The van der Waals surface area contributed by atoms with Crippen molar-refractivity contribution in [3.63, 3.8) is 0 Å². The van der Waals surface area contributed by atoms with Crippen LogP contribution in [-0.2, 0) is 20.9 Å². The van der Waals surface area contributed by atoms with E-state index in [0.29, 0.717) is 23.6 Å². The number of hydrogen-bond acceptors (Lipinski definition) is 3. The van der Waals surface area contributed by atoms with Gasteiger partial charge in [0.1, 0.15) is 5.70 Å². The fraction of sp³-hybridized carbons (Fsp3) is 0.167. The Kier molecular flexibility index (Phi) is 6.75. The highest BCUT2D eigenvalue weighted by molar-refractivity contribution is 6.30. The van der Waals surface area contributed by atoms with Crippen molar-refractivity contribution in [2.24, 2.45) is 0 Å². The molecule has 0 saturated carbocycles. The van der Waals surface area contributed by atoms with Crippen molar-refractivity contribution < 1.29 is 14.3 Å². The van der Waals surface area contributed by atoms with Crippen LogP contribution >= 0.6 is 11.6 Å². The summed E-state index contributed by atoms with van der Waals surface area (Å²) in [5.41, 5.74) is 4.49. The lowest BCUT2D eigenvalue weighted by molar-refractivity contribution is -0.139. The zero-order chi connectivity index (χ0) is 21.7. The van der Waals surface area contributed by atoms with E-state index in [1.165, 1.54) is 19.1 Å². The van der Waals surface area contributed by atoms with E-state index in [9.17, 15) is 9.59 Å². The highest BCUT2D eigenvalue weighted by Crippen LogP contribution is 2.32. The van der Waals surface area contributed by atoms with E-state index in [1.54, 1.807) is 12.1 Å². The lowest BCUT2D eigenvalue weighted by Gasteiger charge is -2.20. The number of likely N-dealkylation sites (N-methyl/N-ethyl adjacent to an activating group) is 1. The summed E-state index contributed by atoms with van der Waals surface area (Å²) in [4.78, 5) is 25.5. The van der Waals surface area contributed by atoms with E-state index in [-0.39, 0.29) is 5.70 Å². The van der Waals surface area contributed by atoms with Crippen molar-refractivity contribution in [1.29, 1.82) is 0 Å². The first-order valence-corrected chi connectivity index (χ1v) is 9.80. The van der Waals surface area contributed by atoms with Gasteiger partial charge in [0.05, 0.1) is 7.11 Å². The van der Waals surface area contributed by atoms with E-state index >= 15 is 0 Å². The molecule has 1 aromatic heterocycles. The highest BCUT2D eigenvalue weighted by Gasteiger charge is 2.25. The quantitative estimate of drug-likeness (QED) is 0.319. The molecule has 0 fully saturated rings. The van der Waals surface area contributed by atoms with Gasteiger partial charge in [-0.05, 0) is 36.2 Å². The van der Waals surface area contributed by atoms with Gasteiger partial charge in [-0.1, -0.05) is 54.1 Å². The molecule has 1 amide bonds. The van der Waals surface area contributed by atoms with Gasteiger partial charge in [-0.15, -0.1) is 0 Å². The Morgan fingerprint density at radius 3 is 2.37 bits per heavy atom. The number of benzene rings is 2. The summed E-state index contributed by atoms with van der Waals surface area (Å²) in [6, 6.07) is 19.2. The van der Waals surface area contributed by atoms with Crippen LogP contribution in [0.3, 0.4) is 0 Å². The average molecular weight is 423 g/mol. The Hall–Kier alpha value is -3.31. The molecule has 3 rings (SSSR count). The van der Waals surface area contributed by atoms with Crippen LogP contribution in [0.5, 0.6) is 0 Å². The van der Waals surface area contributed by atoms with Gasteiger partial charge in [0, 0.05) is 41.6 Å². The second kappa shape index (κ2) is 9.46. The van der Waals surface area contributed by atoms with Gasteiger partial charge in [0.15, 0.2) is 0 Å². The average Bonchev–Trinajstić information content (AvgIpc) is 3.12.